The third-order valence-electron chi connectivity index (χ3n) is 3.05. The summed E-state index contributed by atoms with van der Waals surface area (Å²) < 4.78 is 5.07. The van der Waals surface area contributed by atoms with Gasteiger partial charge in [0.1, 0.15) is 5.69 Å². The topological polar surface area (TPSA) is 106 Å². The van der Waals surface area contributed by atoms with Gasteiger partial charge in [0.05, 0.1) is 18.5 Å². The van der Waals surface area contributed by atoms with E-state index in [2.05, 4.69) is 30.7 Å². The number of ether oxygens (including phenoxy) is 1. The molecule has 0 fully saturated rings. The number of fused-ring (bicyclic) bond motifs is 1. The number of esters is 1. The van der Waals surface area contributed by atoms with Crippen LogP contribution in [-0.4, -0.2) is 44.5 Å². The van der Waals surface area contributed by atoms with Crippen LogP contribution in [-0.2, 0) is 17.7 Å². The lowest BCUT2D eigenvalue weighted by molar-refractivity contribution is 0.0517. The van der Waals surface area contributed by atoms with Crippen LogP contribution in [0.25, 0.3) is 11.5 Å². The Bertz CT molecular complexity index is 625. The Morgan fingerprint density at radius 1 is 1.45 bits per heavy atom. The van der Waals surface area contributed by atoms with Gasteiger partial charge in [0.2, 0.25) is 0 Å². The maximum Gasteiger partial charge on any atom is 0.357 e. The molecule has 0 saturated heterocycles. The number of aromatic amines is 1. The van der Waals surface area contributed by atoms with Gasteiger partial charge in [-0.2, -0.15) is 15.4 Å². The fraction of sp³-hybridized carbons (Fsp3) is 0.417. The highest BCUT2D eigenvalue weighted by molar-refractivity contribution is 5.89. The van der Waals surface area contributed by atoms with Gasteiger partial charge < -0.3 is 10.1 Å². The van der Waals surface area contributed by atoms with Gasteiger partial charge in [-0.15, -0.1) is 0 Å². The monoisotopic (exact) mass is 274 g/mol. The first-order chi connectivity index (χ1) is 9.79. The summed E-state index contributed by atoms with van der Waals surface area (Å²) >= 11 is 0. The minimum Gasteiger partial charge on any atom is -0.461 e. The van der Waals surface area contributed by atoms with E-state index in [1.165, 1.54) is 6.20 Å². The molecule has 2 aromatic heterocycles. The summed E-state index contributed by atoms with van der Waals surface area (Å²) in [5.41, 5.74) is 2.49. The number of nitrogens with zero attached hydrogens (tertiary/aromatic N) is 4. The third kappa shape index (κ3) is 2.25. The highest BCUT2D eigenvalue weighted by atomic mass is 16.5. The van der Waals surface area contributed by atoms with E-state index in [0.29, 0.717) is 30.4 Å². The van der Waals surface area contributed by atoms with Gasteiger partial charge in [0, 0.05) is 25.1 Å². The Morgan fingerprint density at radius 2 is 2.35 bits per heavy atom. The third-order valence-corrected chi connectivity index (χ3v) is 3.05. The molecule has 0 bridgehead atoms. The SMILES string of the molecule is CCOC(=O)c1nc(-c2cn[nH]n2)nc2c1CNCC2. The second kappa shape index (κ2) is 5.33. The van der Waals surface area contributed by atoms with Crippen LogP contribution in [0, 0.1) is 0 Å². The first kappa shape index (κ1) is 12.7. The maximum absolute atomic E-state index is 12.1. The van der Waals surface area contributed by atoms with Crippen molar-refractivity contribution >= 4 is 5.97 Å². The molecule has 0 amide bonds. The van der Waals surface area contributed by atoms with Crippen molar-refractivity contribution in [3.05, 3.63) is 23.1 Å². The molecule has 0 saturated carbocycles. The summed E-state index contributed by atoms with van der Waals surface area (Å²) in [5, 5.41) is 13.4. The number of carbonyl (C=O) groups excluding carboxylic acids is 1. The molecule has 0 unspecified atom stereocenters. The number of nitrogens with one attached hydrogen (secondary N) is 2. The molecule has 8 heteroatoms. The van der Waals surface area contributed by atoms with Crippen LogP contribution in [0.4, 0.5) is 0 Å². The van der Waals surface area contributed by atoms with E-state index < -0.39 is 5.97 Å². The molecule has 0 spiro atoms. The quantitative estimate of drug-likeness (QED) is 0.764. The van der Waals surface area contributed by atoms with Crippen LogP contribution >= 0.6 is 0 Å². The molecule has 2 aromatic rings. The van der Waals surface area contributed by atoms with Gasteiger partial charge in [-0.1, -0.05) is 0 Å². The average Bonchev–Trinajstić information content (AvgIpc) is 3.00. The van der Waals surface area contributed by atoms with Crippen molar-refractivity contribution in [2.24, 2.45) is 0 Å². The number of H-pyrrole nitrogens is 1. The zero-order chi connectivity index (χ0) is 13.9. The summed E-state index contributed by atoms with van der Waals surface area (Å²) in [6, 6.07) is 0. The smallest absolute Gasteiger partial charge is 0.357 e. The minimum atomic E-state index is -0.431. The minimum absolute atomic E-state index is 0.307. The van der Waals surface area contributed by atoms with Crippen LogP contribution < -0.4 is 5.32 Å². The lowest BCUT2D eigenvalue weighted by Gasteiger charge is -2.18. The number of carbonyl (C=O) groups is 1. The van der Waals surface area contributed by atoms with Crippen LogP contribution in [0.2, 0.25) is 0 Å². The van der Waals surface area contributed by atoms with E-state index in [9.17, 15) is 4.79 Å². The normalized spacial score (nSPS) is 13.8. The van der Waals surface area contributed by atoms with Crippen molar-refractivity contribution in [3.63, 3.8) is 0 Å². The van der Waals surface area contributed by atoms with E-state index in [1.807, 2.05) is 0 Å². The Hall–Kier alpha value is -2.35. The van der Waals surface area contributed by atoms with Gasteiger partial charge in [0.25, 0.3) is 0 Å². The Labute approximate surface area is 115 Å². The van der Waals surface area contributed by atoms with Crippen LogP contribution in [0.3, 0.4) is 0 Å². The van der Waals surface area contributed by atoms with E-state index in [0.717, 1.165) is 24.2 Å². The van der Waals surface area contributed by atoms with Gasteiger partial charge in [-0.05, 0) is 6.92 Å². The Balaban J connectivity index is 2.10. The summed E-state index contributed by atoms with van der Waals surface area (Å²) in [4.78, 5) is 20.8. The van der Waals surface area contributed by atoms with Crippen molar-refractivity contribution in [2.75, 3.05) is 13.2 Å². The molecule has 2 N–H and O–H groups in total. The molecule has 0 radical (unpaired) electrons. The summed E-state index contributed by atoms with van der Waals surface area (Å²) in [7, 11) is 0. The van der Waals surface area contributed by atoms with Gasteiger partial charge in [-0.25, -0.2) is 14.8 Å². The summed E-state index contributed by atoms with van der Waals surface area (Å²) in [6.45, 7) is 3.47. The Morgan fingerprint density at radius 3 is 3.10 bits per heavy atom. The predicted octanol–water partition coefficient (Wildman–Crippen LogP) is 0.0841. The second-order valence-electron chi connectivity index (χ2n) is 4.32. The molecule has 1 aliphatic heterocycles. The molecule has 0 aromatic carbocycles. The fourth-order valence-corrected chi connectivity index (χ4v) is 2.14. The van der Waals surface area contributed by atoms with E-state index in [4.69, 9.17) is 4.74 Å². The highest BCUT2D eigenvalue weighted by Crippen LogP contribution is 2.20. The van der Waals surface area contributed by atoms with Crippen LogP contribution in [0.15, 0.2) is 6.20 Å². The molecule has 0 atom stereocenters. The lowest BCUT2D eigenvalue weighted by atomic mass is 10.0. The van der Waals surface area contributed by atoms with Crippen molar-refractivity contribution in [2.45, 2.75) is 19.9 Å². The summed E-state index contributed by atoms with van der Waals surface area (Å²) in [6.07, 6.45) is 2.27. The number of hydrogen-bond acceptors (Lipinski definition) is 7. The zero-order valence-corrected chi connectivity index (χ0v) is 11.0. The molecule has 20 heavy (non-hydrogen) atoms. The van der Waals surface area contributed by atoms with Crippen molar-refractivity contribution in [3.8, 4) is 11.5 Å². The molecule has 8 nitrogen and oxygen atoms in total. The molecular formula is C12H14N6O2. The van der Waals surface area contributed by atoms with Gasteiger partial charge in [0.15, 0.2) is 11.5 Å². The molecule has 0 aliphatic carbocycles. The fourth-order valence-electron chi connectivity index (χ4n) is 2.14. The molecule has 3 rings (SSSR count). The first-order valence-electron chi connectivity index (χ1n) is 6.43. The Kier molecular flexibility index (Phi) is 3.38. The van der Waals surface area contributed by atoms with E-state index in [1.54, 1.807) is 6.92 Å². The lowest BCUT2D eigenvalue weighted by Crippen LogP contribution is -2.28. The van der Waals surface area contributed by atoms with E-state index in [-0.39, 0.29) is 0 Å². The van der Waals surface area contributed by atoms with Crippen molar-refractivity contribution in [1.82, 2.24) is 30.7 Å². The molecule has 3 heterocycles. The van der Waals surface area contributed by atoms with Gasteiger partial charge >= 0.3 is 5.97 Å². The van der Waals surface area contributed by atoms with Crippen molar-refractivity contribution < 1.29 is 9.53 Å². The number of aromatic nitrogens is 5. The second-order valence-corrected chi connectivity index (χ2v) is 4.32. The maximum atomic E-state index is 12.1. The zero-order valence-electron chi connectivity index (χ0n) is 11.0. The first-order valence-corrected chi connectivity index (χ1v) is 6.43. The van der Waals surface area contributed by atoms with E-state index >= 15 is 0 Å². The number of rotatable bonds is 3. The van der Waals surface area contributed by atoms with Crippen molar-refractivity contribution in [1.29, 1.82) is 0 Å². The molecule has 1 aliphatic rings. The van der Waals surface area contributed by atoms with Crippen LogP contribution in [0.1, 0.15) is 28.7 Å². The van der Waals surface area contributed by atoms with Crippen LogP contribution in [0.5, 0.6) is 0 Å². The summed E-state index contributed by atoms with van der Waals surface area (Å²) in [5.74, 6) is -0.0398. The molecule has 104 valence electrons. The molecular weight excluding hydrogens is 260 g/mol. The highest BCUT2D eigenvalue weighted by Gasteiger charge is 2.23. The average molecular weight is 274 g/mol. The standard InChI is InChI=1S/C12H14N6O2/c1-2-20-12(19)10-7-5-13-4-3-8(7)15-11(16-10)9-6-14-18-17-9/h6,13H,2-5H2,1H3,(H,14,17,18). The van der Waals surface area contributed by atoms with Gasteiger partial charge in [-0.3, -0.25) is 0 Å². The predicted molar refractivity (Wildman–Crippen MR) is 68.8 cm³/mol. The number of hydrogen-bond donors (Lipinski definition) is 2. The largest absolute Gasteiger partial charge is 0.461 e.